The molecule has 32 heavy (non-hydrogen) atoms. The molecule has 2 heterocycles. The first-order chi connectivity index (χ1) is 15.1. The van der Waals surface area contributed by atoms with Crippen LogP contribution in [0.4, 0.5) is 15.8 Å². The van der Waals surface area contributed by atoms with Gasteiger partial charge >= 0.3 is 0 Å². The molecule has 0 bridgehead atoms. The highest BCUT2D eigenvalue weighted by Gasteiger charge is 2.23. The molecule has 1 unspecified atom stereocenters. The third-order valence-electron chi connectivity index (χ3n) is 5.75. The lowest BCUT2D eigenvalue weighted by Gasteiger charge is -2.29. The molecule has 0 amide bonds. The number of halogens is 3. The third kappa shape index (κ3) is 6.39. The number of hydrogen-bond acceptors (Lipinski definition) is 4. The van der Waals surface area contributed by atoms with E-state index in [1.54, 1.807) is 13.1 Å². The van der Waals surface area contributed by atoms with Gasteiger partial charge in [0.1, 0.15) is 5.82 Å². The predicted molar refractivity (Wildman–Crippen MR) is 140 cm³/mol. The van der Waals surface area contributed by atoms with Gasteiger partial charge in [-0.3, -0.25) is 4.99 Å². The molecule has 9 heteroatoms. The molecule has 2 saturated heterocycles. The molecular weight excluding hydrogens is 544 g/mol. The van der Waals surface area contributed by atoms with Crippen LogP contribution in [-0.2, 0) is 11.3 Å². The van der Waals surface area contributed by atoms with Gasteiger partial charge in [0.2, 0.25) is 0 Å². The minimum Gasteiger partial charge on any atom is -0.378 e. The molecule has 6 nitrogen and oxygen atoms in total. The summed E-state index contributed by atoms with van der Waals surface area (Å²) in [6, 6.07) is 13.6. The molecule has 0 radical (unpaired) electrons. The summed E-state index contributed by atoms with van der Waals surface area (Å²) in [5.41, 5.74) is 2.65. The number of hydrogen-bond donors (Lipinski definition) is 2. The summed E-state index contributed by atoms with van der Waals surface area (Å²) in [4.78, 5) is 8.68. The first-order valence-electron chi connectivity index (χ1n) is 10.7. The average Bonchev–Trinajstić information content (AvgIpc) is 3.26. The van der Waals surface area contributed by atoms with Gasteiger partial charge in [-0.05, 0) is 42.3 Å². The van der Waals surface area contributed by atoms with Crippen LogP contribution in [0.1, 0.15) is 12.0 Å². The number of nitrogens with zero attached hydrogens (tertiary/aromatic N) is 3. The van der Waals surface area contributed by atoms with Crippen molar-refractivity contribution >= 4 is 52.9 Å². The van der Waals surface area contributed by atoms with E-state index in [2.05, 4.69) is 26.6 Å². The van der Waals surface area contributed by atoms with Crippen molar-refractivity contribution in [2.45, 2.75) is 19.0 Å². The Kier molecular flexibility index (Phi) is 9.24. The standard InChI is InChI=1S/C23H29ClFN5O.HI/c1-26-23(28-19-7-8-30(16-19)20-4-2-3-18(24)14-20)27-15-17-5-6-22(21(25)13-17)29-9-11-31-12-10-29;/h2-6,13-14,19H,7-12,15-16H2,1H3,(H2,26,27,28);1H. The fourth-order valence-corrected chi connectivity index (χ4v) is 4.26. The van der Waals surface area contributed by atoms with E-state index in [0.717, 1.165) is 54.8 Å². The molecule has 2 aliphatic heterocycles. The van der Waals surface area contributed by atoms with Crippen molar-refractivity contribution in [3.63, 3.8) is 0 Å². The number of guanidine groups is 1. The number of rotatable bonds is 5. The monoisotopic (exact) mass is 573 g/mol. The molecule has 2 N–H and O–H groups in total. The minimum absolute atomic E-state index is 0. The van der Waals surface area contributed by atoms with Gasteiger partial charge in [-0.2, -0.15) is 0 Å². The highest BCUT2D eigenvalue weighted by Crippen LogP contribution is 2.24. The quantitative estimate of drug-likeness (QED) is 0.323. The maximum absolute atomic E-state index is 14.6. The third-order valence-corrected chi connectivity index (χ3v) is 5.98. The zero-order valence-corrected chi connectivity index (χ0v) is 21.3. The molecule has 0 saturated carbocycles. The van der Waals surface area contributed by atoms with Gasteiger partial charge in [0.05, 0.1) is 18.9 Å². The van der Waals surface area contributed by atoms with E-state index < -0.39 is 0 Å². The lowest BCUT2D eigenvalue weighted by Crippen LogP contribution is -2.44. The fourth-order valence-electron chi connectivity index (χ4n) is 4.08. The van der Waals surface area contributed by atoms with Crippen LogP contribution in [-0.4, -0.2) is 58.4 Å². The maximum Gasteiger partial charge on any atom is 0.191 e. The SMILES string of the molecule is CN=C(NCc1ccc(N2CCOCC2)c(F)c1)NC1CCN(c2cccc(Cl)c2)C1.I. The number of benzene rings is 2. The Morgan fingerprint density at radius 3 is 2.69 bits per heavy atom. The summed E-state index contributed by atoms with van der Waals surface area (Å²) in [7, 11) is 1.75. The van der Waals surface area contributed by atoms with Crippen molar-refractivity contribution in [1.82, 2.24) is 10.6 Å². The van der Waals surface area contributed by atoms with Crippen molar-refractivity contribution in [3.8, 4) is 0 Å². The van der Waals surface area contributed by atoms with E-state index in [1.165, 1.54) is 0 Å². The predicted octanol–water partition coefficient (Wildman–Crippen LogP) is 3.88. The number of nitrogens with one attached hydrogen (secondary N) is 2. The first kappa shape index (κ1) is 24.9. The fraction of sp³-hybridized carbons (Fsp3) is 0.435. The Bertz CT molecular complexity index is 925. The largest absolute Gasteiger partial charge is 0.378 e. The van der Waals surface area contributed by atoms with Gasteiger partial charge in [0.15, 0.2) is 5.96 Å². The van der Waals surface area contributed by atoms with E-state index in [-0.39, 0.29) is 35.8 Å². The molecule has 0 aliphatic carbocycles. The number of aliphatic imine (C=N–C) groups is 1. The van der Waals surface area contributed by atoms with Gasteiger partial charge in [-0.25, -0.2) is 4.39 Å². The molecule has 2 fully saturated rings. The van der Waals surface area contributed by atoms with Crippen LogP contribution in [0.3, 0.4) is 0 Å². The van der Waals surface area contributed by atoms with E-state index in [1.807, 2.05) is 35.2 Å². The van der Waals surface area contributed by atoms with Crippen LogP contribution in [0.15, 0.2) is 47.5 Å². The highest BCUT2D eigenvalue weighted by molar-refractivity contribution is 14.0. The van der Waals surface area contributed by atoms with Crippen LogP contribution in [0.2, 0.25) is 5.02 Å². The molecule has 0 spiro atoms. The summed E-state index contributed by atoms with van der Waals surface area (Å²) >= 11 is 6.12. The molecule has 2 aliphatic rings. The summed E-state index contributed by atoms with van der Waals surface area (Å²) in [6.07, 6.45) is 1.01. The topological polar surface area (TPSA) is 52.1 Å². The Morgan fingerprint density at radius 2 is 1.97 bits per heavy atom. The smallest absolute Gasteiger partial charge is 0.191 e. The zero-order chi connectivity index (χ0) is 21.6. The molecule has 1 atom stereocenters. The van der Waals surface area contributed by atoms with Gasteiger partial charge in [0, 0.05) is 56.5 Å². The second kappa shape index (κ2) is 11.9. The Hall–Kier alpha value is -1.78. The van der Waals surface area contributed by atoms with E-state index >= 15 is 0 Å². The zero-order valence-electron chi connectivity index (χ0n) is 18.2. The lowest BCUT2D eigenvalue weighted by atomic mass is 10.1. The van der Waals surface area contributed by atoms with Crippen molar-refractivity contribution in [2.24, 2.45) is 4.99 Å². The van der Waals surface area contributed by atoms with Crippen molar-refractivity contribution in [1.29, 1.82) is 0 Å². The van der Waals surface area contributed by atoms with Gasteiger partial charge in [-0.1, -0.05) is 23.7 Å². The second-order valence-corrected chi connectivity index (χ2v) is 8.30. The number of ether oxygens (including phenoxy) is 1. The molecule has 2 aromatic rings. The summed E-state index contributed by atoms with van der Waals surface area (Å²) in [6.45, 7) is 5.07. The molecule has 174 valence electrons. The van der Waals surface area contributed by atoms with Crippen LogP contribution in [0.5, 0.6) is 0 Å². The van der Waals surface area contributed by atoms with Gasteiger partial charge in [0.25, 0.3) is 0 Å². The molecule has 4 rings (SSSR count). The first-order valence-corrected chi connectivity index (χ1v) is 11.1. The van der Waals surface area contributed by atoms with Crippen molar-refractivity contribution in [3.05, 3.63) is 58.9 Å². The van der Waals surface area contributed by atoms with Crippen LogP contribution >= 0.6 is 35.6 Å². The summed E-state index contributed by atoms with van der Waals surface area (Å²) in [5.74, 6) is 0.521. The minimum atomic E-state index is -0.197. The van der Waals surface area contributed by atoms with E-state index in [4.69, 9.17) is 16.3 Å². The lowest BCUT2D eigenvalue weighted by molar-refractivity contribution is 0.122. The summed E-state index contributed by atoms with van der Waals surface area (Å²) < 4.78 is 20.0. The normalized spacial score (nSPS) is 19.0. The van der Waals surface area contributed by atoms with E-state index in [0.29, 0.717) is 25.4 Å². The number of morpholine rings is 1. The molecular formula is C23H30ClFIN5O. The second-order valence-electron chi connectivity index (χ2n) is 7.87. The van der Waals surface area contributed by atoms with Gasteiger partial charge < -0.3 is 25.2 Å². The Balaban J connectivity index is 0.00000289. The number of anilines is 2. The van der Waals surface area contributed by atoms with Crippen molar-refractivity contribution in [2.75, 3.05) is 56.2 Å². The average molecular weight is 574 g/mol. The van der Waals surface area contributed by atoms with Gasteiger partial charge in [-0.15, -0.1) is 24.0 Å². The van der Waals surface area contributed by atoms with E-state index in [9.17, 15) is 4.39 Å². The Labute approximate surface area is 211 Å². The van der Waals surface area contributed by atoms with Crippen LogP contribution in [0, 0.1) is 5.82 Å². The molecule has 2 aromatic carbocycles. The molecule has 0 aromatic heterocycles. The van der Waals surface area contributed by atoms with Crippen LogP contribution < -0.4 is 20.4 Å². The Morgan fingerprint density at radius 1 is 1.16 bits per heavy atom. The van der Waals surface area contributed by atoms with Crippen molar-refractivity contribution < 1.29 is 9.13 Å². The van der Waals surface area contributed by atoms with Crippen LogP contribution in [0.25, 0.3) is 0 Å². The summed E-state index contributed by atoms with van der Waals surface area (Å²) in [5, 5.41) is 7.53. The highest BCUT2D eigenvalue weighted by atomic mass is 127. The maximum atomic E-state index is 14.6.